The van der Waals surface area contributed by atoms with Crippen molar-refractivity contribution in [1.29, 1.82) is 0 Å². The van der Waals surface area contributed by atoms with Gasteiger partial charge in [0, 0.05) is 6.08 Å². The molecule has 26 heavy (non-hydrogen) atoms. The summed E-state index contributed by atoms with van der Waals surface area (Å²) in [6.07, 6.45) is 5.74. The van der Waals surface area contributed by atoms with E-state index in [2.05, 4.69) is 15.8 Å². The third kappa shape index (κ3) is 5.82. The molecule has 0 saturated carbocycles. The molecule has 1 heterocycles. The molecule has 0 spiro atoms. The number of rotatable bonds is 8. The highest BCUT2D eigenvalue weighted by molar-refractivity contribution is 5.94. The SMILES string of the molecule is COc1ccc(/C=N\NC(=O)CNC(=O)/C=C/c2ccco2)cc1OC. The quantitative estimate of drug-likeness (QED) is 0.424. The lowest BCUT2D eigenvalue weighted by Crippen LogP contribution is -2.34. The average Bonchev–Trinajstić information content (AvgIpc) is 3.18. The Morgan fingerprint density at radius 3 is 2.69 bits per heavy atom. The second-order valence-electron chi connectivity index (χ2n) is 4.97. The standard InChI is InChI=1S/C18H19N3O5/c1-24-15-7-5-13(10-16(15)25-2)11-20-21-18(23)12-19-17(22)8-6-14-4-3-9-26-14/h3-11H,12H2,1-2H3,(H,19,22)(H,21,23)/b8-6+,20-11-. The van der Waals surface area contributed by atoms with Gasteiger partial charge in [0.05, 0.1) is 33.2 Å². The van der Waals surface area contributed by atoms with Crippen molar-refractivity contribution in [3.63, 3.8) is 0 Å². The van der Waals surface area contributed by atoms with Gasteiger partial charge in [-0.1, -0.05) is 0 Å². The molecule has 1 aromatic carbocycles. The monoisotopic (exact) mass is 357 g/mol. The van der Waals surface area contributed by atoms with E-state index in [0.717, 1.165) is 0 Å². The minimum absolute atomic E-state index is 0.204. The zero-order valence-corrected chi connectivity index (χ0v) is 14.4. The van der Waals surface area contributed by atoms with E-state index in [1.807, 2.05) is 0 Å². The molecule has 0 fully saturated rings. The number of methoxy groups -OCH3 is 2. The second kappa shape index (κ2) is 9.67. The minimum Gasteiger partial charge on any atom is -0.493 e. The maximum absolute atomic E-state index is 11.7. The predicted molar refractivity (Wildman–Crippen MR) is 96.0 cm³/mol. The third-order valence-corrected chi connectivity index (χ3v) is 3.18. The van der Waals surface area contributed by atoms with E-state index in [1.165, 1.54) is 31.7 Å². The first kappa shape index (κ1) is 18.8. The van der Waals surface area contributed by atoms with E-state index < -0.39 is 11.8 Å². The van der Waals surface area contributed by atoms with Gasteiger partial charge in [0.15, 0.2) is 11.5 Å². The second-order valence-corrected chi connectivity index (χ2v) is 4.97. The number of hydrazone groups is 1. The Balaban J connectivity index is 1.77. The van der Waals surface area contributed by atoms with Crippen LogP contribution in [0, 0.1) is 0 Å². The number of hydrogen-bond donors (Lipinski definition) is 2. The molecule has 0 aliphatic carbocycles. The summed E-state index contributed by atoms with van der Waals surface area (Å²) < 4.78 is 15.4. The van der Waals surface area contributed by atoms with Crippen LogP contribution in [0.5, 0.6) is 11.5 Å². The Labute approximate surface area is 150 Å². The molecule has 0 unspecified atom stereocenters. The van der Waals surface area contributed by atoms with Crippen molar-refractivity contribution >= 4 is 24.1 Å². The number of hydrogen-bond acceptors (Lipinski definition) is 6. The molecule has 0 bridgehead atoms. The molecule has 0 radical (unpaired) electrons. The summed E-state index contributed by atoms with van der Waals surface area (Å²) in [5.41, 5.74) is 3.04. The Kier molecular flexibility index (Phi) is 6.99. The van der Waals surface area contributed by atoms with Crippen LogP contribution in [0.25, 0.3) is 6.08 Å². The van der Waals surface area contributed by atoms with Crippen LogP contribution in [-0.2, 0) is 9.59 Å². The van der Waals surface area contributed by atoms with Gasteiger partial charge < -0.3 is 19.2 Å². The largest absolute Gasteiger partial charge is 0.493 e. The van der Waals surface area contributed by atoms with Crippen molar-refractivity contribution in [3.05, 3.63) is 54.0 Å². The molecule has 0 saturated heterocycles. The lowest BCUT2D eigenvalue weighted by Gasteiger charge is -2.07. The van der Waals surface area contributed by atoms with Gasteiger partial charge in [-0.3, -0.25) is 9.59 Å². The van der Waals surface area contributed by atoms with Crippen molar-refractivity contribution in [2.75, 3.05) is 20.8 Å². The molecule has 0 aliphatic rings. The van der Waals surface area contributed by atoms with Crippen molar-refractivity contribution in [2.24, 2.45) is 5.10 Å². The van der Waals surface area contributed by atoms with E-state index in [1.54, 1.807) is 37.4 Å². The maximum atomic E-state index is 11.7. The number of carbonyl (C=O) groups is 2. The highest BCUT2D eigenvalue weighted by Crippen LogP contribution is 2.26. The van der Waals surface area contributed by atoms with Crippen LogP contribution in [-0.4, -0.2) is 38.8 Å². The fourth-order valence-corrected chi connectivity index (χ4v) is 1.92. The van der Waals surface area contributed by atoms with Gasteiger partial charge in [0.2, 0.25) is 5.91 Å². The maximum Gasteiger partial charge on any atom is 0.259 e. The molecule has 2 amide bonds. The lowest BCUT2D eigenvalue weighted by atomic mass is 10.2. The van der Waals surface area contributed by atoms with Crippen LogP contribution in [0.15, 0.2) is 52.2 Å². The van der Waals surface area contributed by atoms with Gasteiger partial charge in [-0.25, -0.2) is 5.43 Å². The highest BCUT2D eigenvalue weighted by Gasteiger charge is 2.04. The van der Waals surface area contributed by atoms with Gasteiger partial charge in [-0.15, -0.1) is 0 Å². The number of carbonyl (C=O) groups excluding carboxylic acids is 2. The number of furan rings is 1. The number of benzene rings is 1. The van der Waals surface area contributed by atoms with Crippen LogP contribution >= 0.6 is 0 Å². The first-order valence-corrected chi connectivity index (χ1v) is 7.65. The van der Waals surface area contributed by atoms with Crippen molar-refractivity contribution in [3.8, 4) is 11.5 Å². The average molecular weight is 357 g/mol. The molecular weight excluding hydrogens is 338 g/mol. The Bertz CT molecular complexity index is 797. The fraction of sp³-hybridized carbons (Fsp3) is 0.167. The summed E-state index contributed by atoms with van der Waals surface area (Å²) in [6, 6.07) is 8.63. The molecule has 8 nitrogen and oxygen atoms in total. The number of amides is 2. The smallest absolute Gasteiger partial charge is 0.259 e. The molecule has 2 N–H and O–H groups in total. The number of nitrogens with one attached hydrogen (secondary N) is 2. The Morgan fingerprint density at radius 1 is 1.19 bits per heavy atom. The minimum atomic E-state index is -0.457. The van der Waals surface area contributed by atoms with Crippen LogP contribution in [0.1, 0.15) is 11.3 Å². The van der Waals surface area contributed by atoms with E-state index in [4.69, 9.17) is 13.9 Å². The summed E-state index contributed by atoms with van der Waals surface area (Å²) in [5.74, 6) is 0.823. The molecule has 0 aliphatic heterocycles. The van der Waals surface area contributed by atoms with E-state index in [0.29, 0.717) is 22.8 Å². The summed E-state index contributed by atoms with van der Waals surface area (Å²) >= 11 is 0. The van der Waals surface area contributed by atoms with Crippen LogP contribution < -0.4 is 20.2 Å². The molecule has 0 atom stereocenters. The van der Waals surface area contributed by atoms with Gasteiger partial charge in [-0.05, 0) is 42.0 Å². The molecule has 136 valence electrons. The highest BCUT2D eigenvalue weighted by atomic mass is 16.5. The van der Waals surface area contributed by atoms with Crippen LogP contribution in [0.2, 0.25) is 0 Å². The van der Waals surface area contributed by atoms with Crippen LogP contribution in [0.4, 0.5) is 0 Å². The molecular formula is C18H19N3O5. The third-order valence-electron chi connectivity index (χ3n) is 3.18. The van der Waals surface area contributed by atoms with Gasteiger partial charge in [0.25, 0.3) is 5.91 Å². The summed E-state index contributed by atoms with van der Waals surface area (Å²) in [7, 11) is 3.08. The van der Waals surface area contributed by atoms with Gasteiger partial charge in [-0.2, -0.15) is 5.10 Å². The molecule has 8 heteroatoms. The Hall–Kier alpha value is -3.55. The van der Waals surface area contributed by atoms with Crippen LogP contribution in [0.3, 0.4) is 0 Å². The zero-order chi connectivity index (χ0) is 18.8. The molecule has 1 aromatic heterocycles. The first-order valence-electron chi connectivity index (χ1n) is 7.65. The number of ether oxygens (including phenoxy) is 2. The van der Waals surface area contributed by atoms with E-state index in [9.17, 15) is 9.59 Å². The van der Waals surface area contributed by atoms with Crippen molar-refractivity contribution in [1.82, 2.24) is 10.7 Å². The predicted octanol–water partition coefficient (Wildman–Crippen LogP) is 1.58. The molecule has 2 rings (SSSR count). The summed E-state index contributed by atoms with van der Waals surface area (Å²) in [4.78, 5) is 23.3. The summed E-state index contributed by atoms with van der Waals surface area (Å²) in [6.45, 7) is -0.204. The zero-order valence-electron chi connectivity index (χ0n) is 14.4. The number of nitrogens with zero attached hydrogens (tertiary/aromatic N) is 1. The normalized spacial score (nSPS) is 10.8. The molecule has 2 aromatic rings. The Morgan fingerprint density at radius 2 is 2.00 bits per heavy atom. The lowest BCUT2D eigenvalue weighted by molar-refractivity contribution is -0.123. The topological polar surface area (TPSA) is 102 Å². The van der Waals surface area contributed by atoms with Gasteiger partial charge in [0.1, 0.15) is 5.76 Å². The van der Waals surface area contributed by atoms with E-state index >= 15 is 0 Å². The van der Waals surface area contributed by atoms with Crippen molar-refractivity contribution < 1.29 is 23.5 Å². The fourth-order valence-electron chi connectivity index (χ4n) is 1.92. The van der Waals surface area contributed by atoms with E-state index in [-0.39, 0.29) is 6.54 Å². The first-order chi connectivity index (χ1) is 12.6. The van der Waals surface area contributed by atoms with Gasteiger partial charge >= 0.3 is 0 Å². The summed E-state index contributed by atoms with van der Waals surface area (Å²) in [5, 5.41) is 6.27. The van der Waals surface area contributed by atoms with Crippen molar-refractivity contribution in [2.45, 2.75) is 0 Å².